The van der Waals surface area contributed by atoms with Crippen molar-refractivity contribution in [1.82, 2.24) is 4.90 Å². The van der Waals surface area contributed by atoms with Gasteiger partial charge in [0.25, 0.3) is 5.91 Å². The number of halogens is 1. The molecule has 1 aliphatic heterocycles. The number of ether oxygens (including phenoxy) is 1. The predicted molar refractivity (Wildman–Crippen MR) is 67.2 cm³/mol. The van der Waals surface area contributed by atoms with E-state index in [9.17, 15) is 19.1 Å². The highest BCUT2D eigenvalue weighted by atomic mass is 19.1. The Morgan fingerprint density at radius 1 is 1.58 bits per heavy atom. The third-order valence-electron chi connectivity index (χ3n) is 3.29. The Hall–Kier alpha value is -1.43. The van der Waals surface area contributed by atoms with Crippen molar-refractivity contribution < 1.29 is 23.8 Å². The number of nitrogens with zero attached hydrogens (tertiary/aromatic N) is 1. The monoisotopic (exact) mass is 273 g/mol. The van der Waals surface area contributed by atoms with E-state index in [1.807, 2.05) is 20.8 Å². The maximum atomic E-state index is 14.3. The zero-order valence-electron chi connectivity index (χ0n) is 11.6. The molecule has 0 aromatic carbocycles. The molecule has 1 saturated heterocycles. The van der Waals surface area contributed by atoms with Crippen LogP contribution in [0.1, 0.15) is 27.7 Å². The average molecular weight is 273 g/mol. The molecule has 1 aliphatic rings. The molecule has 0 aromatic rings. The number of aliphatic hydroxyl groups excluding tert-OH is 1. The van der Waals surface area contributed by atoms with Gasteiger partial charge in [-0.2, -0.15) is 0 Å². The first kappa shape index (κ1) is 15.6. The fourth-order valence-electron chi connectivity index (χ4n) is 1.87. The van der Waals surface area contributed by atoms with Crippen LogP contribution in [0, 0.1) is 5.41 Å². The van der Waals surface area contributed by atoms with Gasteiger partial charge >= 0.3 is 6.09 Å². The van der Waals surface area contributed by atoms with E-state index in [1.165, 1.54) is 0 Å². The van der Waals surface area contributed by atoms with Crippen molar-refractivity contribution in [1.29, 1.82) is 0 Å². The molecule has 0 aliphatic carbocycles. The van der Waals surface area contributed by atoms with Crippen molar-refractivity contribution in [3.63, 3.8) is 0 Å². The van der Waals surface area contributed by atoms with Crippen LogP contribution in [0.15, 0.2) is 12.7 Å². The zero-order valence-corrected chi connectivity index (χ0v) is 11.6. The van der Waals surface area contributed by atoms with Crippen LogP contribution in [0.2, 0.25) is 0 Å². The van der Waals surface area contributed by atoms with E-state index in [0.717, 1.165) is 17.9 Å². The molecule has 1 fully saturated rings. The minimum Gasteiger partial charge on any atom is -0.447 e. The molecule has 0 radical (unpaired) electrons. The topological polar surface area (TPSA) is 66.8 Å². The number of rotatable bonds is 3. The van der Waals surface area contributed by atoms with Crippen molar-refractivity contribution >= 4 is 12.0 Å². The fourth-order valence-corrected chi connectivity index (χ4v) is 1.87. The highest BCUT2D eigenvalue weighted by Crippen LogP contribution is 2.32. The summed E-state index contributed by atoms with van der Waals surface area (Å²) in [5, 5.41) is 9.50. The minimum absolute atomic E-state index is 0.0222. The molecule has 1 heterocycles. The summed E-state index contributed by atoms with van der Waals surface area (Å²) in [4.78, 5) is 24.6. The Balaban J connectivity index is 3.09. The lowest BCUT2D eigenvalue weighted by molar-refractivity contribution is -0.147. The van der Waals surface area contributed by atoms with Crippen LogP contribution < -0.4 is 0 Å². The molecule has 0 unspecified atom stereocenters. The maximum absolute atomic E-state index is 14.3. The normalized spacial score (nSPS) is 24.6. The Morgan fingerprint density at radius 2 is 2.11 bits per heavy atom. The predicted octanol–water partition coefficient (Wildman–Crippen LogP) is 1.66. The number of hydrogen-bond donors (Lipinski definition) is 1. The van der Waals surface area contributed by atoms with Crippen molar-refractivity contribution in [2.45, 2.75) is 45.5 Å². The molecule has 6 heteroatoms. The smallest absolute Gasteiger partial charge is 0.417 e. The van der Waals surface area contributed by atoms with Gasteiger partial charge < -0.3 is 9.84 Å². The summed E-state index contributed by atoms with van der Waals surface area (Å²) in [6.45, 7) is 9.65. The quantitative estimate of drug-likeness (QED) is 0.794. The molecule has 2 amide bonds. The Labute approximate surface area is 112 Å². The van der Waals surface area contributed by atoms with Gasteiger partial charge in [-0.3, -0.25) is 4.79 Å². The second-order valence-electron chi connectivity index (χ2n) is 5.89. The van der Waals surface area contributed by atoms with Gasteiger partial charge in [0.05, 0.1) is 6.04 Å². The number of amides is 2. The van der Waals surface area contributed by atoms with Gasteiger partial charge in [-0.25, -0.2) is 14.1 Å². The van der Waals surface area contributed by atoms with E-state index in [-0.39, 0.29) is 6.61 Å². The van der Waals surface area contributed by atoms with Crippen LogP contribution in [0.3, 0.4) is 0 Å². The molecular formula is C13H20FNO4. The lowest BCUT2D eigenvalue weighted by Gasteiger charge is -2.34. The number of alkyl halides is 1. The molecule has 0 saturated carbocycles. The number of hydrogen-bond acceptors (Lipinski definition) is 4. The van der Waals surface area contributed by atoms with Crippen molar-refractivity contribution in [2.75, 3.05) is 6.61 Å². The van der Waals surface area contributed by atoms with E-state index in [1.54, 1.807) is 0 Å². The first-order valence-corrected chi connectivity index (χ1v) is 6.03. The van der Waals surface area contributed by atoms with Gasteiger partial charge in [0.2, 0.25) is 5.67 Å². The van der Waals surface area contributed by atoms with E-state index >= 15 is 0 Å². The van der Waals surface area contributed by atoms with Crippen LogP contribution in [-0.2, 0) is 9.53 Å². The van der Waals surface area contributed by atoms with Crippen molar-refractivity contribution in [3.8, 4) is 0 Å². The fraction of sp³-hybridized carbons (Fsp3) is 0.692. The third-order valence-corrected chi connectivity index (χ3v) is 3.29. The maximum Gasteiger partial charge on any atom is 0.417 e. The lowest BCUT2D eigenvalue weighted by atomic mass is 9.85. The number of aliphatic hydroxyl groups is 1. The molecular weight excluding hydrogens is 253 g/mol. The molecule has 0 aromatic heterocycles. The highest BCUT2D eigenvalue weighted by molar-refractivity contribution is 5.98. The summed E-state index contributed by atoms with van der Waals surface area (Å²) in [5.74, 6) is -1.11. The molecule has 5 nitrogen and oxygen atoms in total. The largest absolute Gasteiger partial charge is 0.447 e. The molecule has 1 rings (SSSR count). The van der Waals surface area contributed by atoms with Gasteiger partial charge in [-0.05, 0) is 12.3 Å². The first-order valence-electron chi connectivity index (χ1n) is 6.03. The van der Waals surface area contributed by atoms with Crippen LogP contribution in [0.5, 0.6) is 0 Å². The summed E-state index contributed by atoms with van der Waals surface area (Å²) in [6, 6.07) is -0.570. The van der Waals surface area contributed by atoms with Crippen molar-refractivity contribution in [3.05, 3.63) is 12.7 Å². The van der Waals surface area contributed by atoms with Crippen LogP contribution in [0.4, 0.5) is 9.18 Å². The Bertz CT molecular complexity index is 400. The average Bonchev–Trinajstić information content (AvgIpc) is 2.68. The SMILES string of the molecule is C=C[C@@H](O)[C@@](C)(F)C(=O)N1C(=O)OC[C@@H]1C(C)(C)C. The second-order valence-corrected chi connectivity index (χ2v) is 5.89. The number of carbonyl (C=O) groups is 2. The van der Waals surface area contributed by atoms with Gasteiger partial charge in [0.15, 0.2) is 0 Å². The molecule has 0 bridgehead atoms. The Kier molecular flexibility index (Phi) is 4.05. The summed E-state index contributed by atoms with van der Waals surface area (Å²) in [6.07, 6.45) is -1.65. The summed E-state index contributed by atoms with van der Waals surface area (Å²) in [7, 11) is 0. The Morgan fingerprint density at radius 3 is 2.53 bits per heavy atom. The van der Waals surface area contributed by atoms with Crippen LogP contribution in [-0.4, -0.2) is 46.4 Å². The van der Waals surface area contributed by atoms with E-state index < -0.39 is 35.2 Å². The number of imide groups is 1. The zero-order chi connectivity index (χ0) is 15.0. The van der Waals surface area contributed by atoms with Crippen LogP contribution >= 0.6 is 0 Å². The number of carbonyl (C=O) groups excluding carboxylic acids is 2. The second kappa shape index (κ2) is 4.92. The van der Waals surface area contributed by atoms with E-state index in [4.69, 9.17) is 4.74 Å². The first-order chi connectivity index (χ1) is 8.53. The third kappa shape index (κ3) is 2.78. The summed E-state index contributed by atoms with van der Waals surface area (Å²) in [5.41, 5.74) is -3.06. The molecule has 3 atom stereocenters. The summed E-state index contributed by atoms with van der Waals surface area (Å²) >= 11 is 0. The molecule has 108 valence electrons. The highest BCUT2D eigenvalue weighted by Gasteiger charge is 2.52. The lowest BCUT2D eigenvalue weighted by Crippen LogP contribution is -2.56. The van der Waals surface area contributed by atoms with Gasteiger partial charge in [0.1, 0.15) is 12.7 Å². The number of cyclic esters (lactones) is 1. The molecule has 0 spiro atoms. The van der Waals surface area contributed by atoms with Crippen molar-refractivity contribution in [2.24, 2.45) is 5.41 Å². The van der Waals surface area contributed by atoms with Gasteiger partial charge in [-0.1, -0.05) is 26.8 Å². The summed E-state index contributed by atoms with van der Waals surface area (Å²) < 4.78 is 19.2. The van der Waals surface area contributed by atoms with Gasteiger partial charge in [-0.15, -0.1) is 6.58 Å². The molecule has 19 heavy (non-hydrogen) atoms. The minimum atomic E-state index is -2.62. The standard InChI is InChI=1S/C13H20FNO4/c1-6-9(16)13(5,14)10(17)15-8(12(2,3)4)7-19-11(15)18/h6,8-9,16H,1,7H2,2-5H3/t8-,9-,13-/m1/s1. The van der Waals surface area contributed by atoms with Gasteiger partial charge in [0, 0.05) is 0 Å². The van der Waals surface area contributed by atoms with Crippen LogP contribution in [0.25, 0.3) is 0 Å². The van der Waals surface area contributed by atoms with E-state index in [0.29, 0.717) is 0 Å². The molecule has 1 N–H and O–H groups in total. The van der Waals surface area contributed by atoms with E-state index in [2.05, 4.69) is 6.58 Å².